The van der Waals surface area contributed by atoms with Gasteiger partial charge in [0, 0.05) is 16.8 Å². The van der Waals surface area contributed by atoms with E-state index in [9.17, 15) is 4.79 Å². The lowest BCUT2D eigenvalue weighted by molar-refractivity contribution is 0.0977. The average molecular weight is 492 g/mol. The zero-order valence-electron chi connectivity index (χ0n) is 20.0. The molecule has 0 unspecified atom stereocenters. The Hall–Kier alpha value is -4.29. The second-order valence-corrected chi connectivity index (χ2v) is 9.24. The van der Waals surface area contributed by atoms with Gasteiger partial charge in [-0.3, -0.25) is 10.1 Å². The van der Waals surface area contributed by atoms with Crippen molar-refractivity contribution < 1.29 is 9.21 Å². The molecule has 0 aliphatic rings. The molecule has 0 bridgehead atoms. The van der Waals surface area contributed by atoms with Gasteiger partial charge in [-0.25, -0.2) is 4.98 Å². The first-order valence-corrected chi connectivity index (χ1v) is 12.2. The van der Waals surface area contributed by atoms with E-state index in [4.69, 9.17) is 16.6 Å². The zero-order chi connectivity index (χ0) is 25.1. The number of hydrogen-bond donors (Lipinski definition) is 2. The molecule has 5 rings (SSSR count). The molecule has 36 heavy (non-hydrogen) atoms. The van der Waals surface area contributed by atoms with Gasteiger partial charge in [0.25, 0.3) is 5.91 Å². The third-order valence-electron chi connectivity index (χ3n) is 5.93. The Balaban J connectivity index is 1.26. The van der Waals surface area contributed by atoms with Crippen LogP contribution in [0.3, 0.4) is 0 Å². The Morgan fingerprint density at radius 3 is 2.31 bits per heavy atom. The fourth-order valence-electron chi connectivity index (χ4n) is 3.94. The van der Waals surface area contributed by atoms with Crippen LogP contribution < -0.4 is 10.6 Å². The first-order chi connectivity index (χ1) is 17.5. The highest BCUT2D eigenvalue weighted by molar-refractivity contribution is 7.80. The predicted octanol–water partition coefficient (Wildman–Crippen LogP) is 7.41. The quantitative estimate of drug-likeness (QED) is 0.251. The number of carbonyl (C=O) groups is 1. The number of anilines is 1. The second-order valence-electron chi connectivity index (χ2n) is 8.83. The molecule has 0 aliphatic heterocycles. The van der Waals surface area contributed by atoms with E-state index in [0.29, 0.717) is 17.4 Å². The summed E-state index contributed by atoms with van der Waals surface area (Å²) in [5.74, 6) is 0.672. The number of rotatable bonds is 5. The van der Waals surface area contributed by atoms with Crippen LogP contribution in [0, 0.1) is 0 Å². The lowest BCUT2D eigenvalue weighted by atomic mass is 10.0. The van der Waals surface area contributed by atoms with Crippen molar-refractivity contribution in [2.45, 2.75) is 19.8 Å². The van der Waals surface area contributed by atoms with E-state index in [1.165, 1.54) is 5.56 Å². The van der Waals surface area contributed by atoms with Crippen molar-refractivity contribution in [1.29, 1.82) is 0 Å². The summed E-state index contributed by atoms with van der Waals surface area (Å²) >= 11 is 5.38. The summed E-state index contributed by atoms with van der Waals surface area (Å²) in [5.41, 5.74) is 7.00. The molecule has 5 aromatic rings. The van der Waals surface area contributed by atoms with Gasteiger partial charge in [-0.05, 0) is 77.3 Å². The summed E-state index contributed by atoms with van der Waals surface area (Å²) in [4.78, 5) is 17.4. The molecular weight excluding hydrogens is 466 g/mol. The molecular formula is C30H25N3O2S. The maximum Gasteiger partial charge on any atom is 0.257 e. The molecule has 0 radical (unpaired) electrons. The second kappa shape index (κ2) is 10.1. The van der Waals surface area contributed by atoms with Crippen molar-refractivity contribution in [2.24, 2.45) is 0 Å². The normalized spacial score (nSPS) is 11.0. The van der Waals surface area contributed by atoms with Crippen LogP contribution in [0.5, 0.6) is 0 Å². The van der Waals surface area contributed by atoms with Crippen LogP contribution in [0.25, 0.3) is 33.7 Å². The molecule has 0 atom stereocenters. The molecule has 6 heteroatoms. The molecule has 0 spiro atoms. The number of nitrogens with zero attached hydrogens (tertiary/aromatic N) is 1. The SMILES string of the molecule is CC(C)c1ccc2oc(-c3cccc(NC(=S)NC(=O)c4ccc(-c5ccccc5)cc4)c3)nc2c1. The summed E-state index contributed by atoms with van der Waals surface area (Å²) in [5, 5.41) is 6.03. The number of benzene rings is 4. The standard InChI is InChI=1S/C30H25N3O2S/c1-19(2)23-15-16-27-26(18-23)32-29(35-27)24-9-6-10-25(17-24)31-30(36)33-28(34)22-13-11-21(12-14-22)20-7-4-3-5-8-20/h3-19H,1-2H3,(H2,31,33,34,36). The molecule has 5 nitrogen and oxygen atoms in total. The molecule has 2 N–H and O–H groups in total. The van der Waals surface area contributed by atoms with Crippen molar-refractivity contribution in [1.82, 2.24) is 10.3 Å². The monoisotopic (exact) mass is 491 g/mol. The van der Waals surface area contributed by atoms with Gasteiger partial charge in [-0.15, -0.1) is 0 Å². The highest BCUT2D eigenvalue weighted by Gasteiger charge is 2.12. The highest BCUT2D eigenvalue weighted by atomic mass is 32.1. The topological polar surface area (TPSA) is 67.2 Å². The van der Waals surface area contributed by atoms with E-state index in [-0.39, 0.29) is 11.0 Å². The Kier molecular flexibility index (Phi) is 6.60. The molecule has 4 aromatic carbocycles. The lowest BCUT2D eigenvalue weighted by Gasteiger charge is -2.10. The highest BCUT2D eigenvalue weighted by Crippen LogP contribution is 2.28. The summed E-state index contributed by atoms with van der Waals surface area (Å²) in [6.07, 6.45) is 0. The van der Waals surface area contributed by atoms with Gasteiger partial charge in [0.2, 0.25) is 5.89 Å². The zero-order valence-corrected chi connectivity index (χ0v) is 20.8. The number of hydrogen-bond acceptors (Lipinski definition) is 4. The summed E-state index contributed by atoms with van der Waals surface area (Å²) in [6, 6.07) is 31.1. The minimum atomic E-state index is -0.275. The first kappa shape index (κ1) is 23.5. The molecule has 0 aliphatic carbocycles. The van der Waals surface area contributed by atoms with E-state index < -0.39 is 0 Å². The van der Waals surface area contributed by atoms with Gasteiger partial charge in [0.1, 0.15) is 5.52 Å². The minimum absolute atomic E-state index is 0.212. The van der Waals surface area contributed by atoms with Crippen LogP contribution >= 0.6 is 12.2 Å². The summed E-state index contributed by atoms with van der Waals surface area (Å²) < 4.78 is 5.97. The van der Waals surface area contributed by atoms with Gasteiger partial charge in [-0.2, -0.15) is 0 Å². The number of carbonyl (C=O) groups excluding carboxylic acids is 1. The van der Waals surface area contributed by atoms with Crippen LogP contribution in [0.1, 0.15) is 35.7 Å². The van der Waals surface area contributed by atoms with E-state index >= 15 is 0 Å². The molecule has 178 valence electrons. The first-order valence-electron chi connectivity index (χ1n) is 11.7. The van der Waals surface area contributed by atoms with E-state index in [1.807, 2.05) is 72.8 Å². The van der Waals surface area contributed by atoms with Gasteiger partial charge in [0.05, 0.1) is 0 Å². The third kappa shape index (κ3) is 5.19. The summed E-state index contributed by atoms with van der Waals surface area (Å²) in [6.45, 7) is 4.30. The number of fused-ring (bicyclic) bond motifs is 1. The third-order valence-corrected chi connectivity index (χ3v) is 6.13. The van der Waals surface area contributed by atoms with Crippen molar-refractivity contribution in [3.05, 3.63) is 108 Å². The van der Waals surface area contributed by atoms with Crippen LogP contribution in [-0.4, -0.2) is 16.0 Å². The van der Waals surface area contributed by atoms with Crippen molar-refractivity contribution in [3.63, 3.8) is 0 Å². The van der Waals surface area contributed by atoms with Gasteiger partial charge in [0.15, 0.2) is 10.7 Å². The van der Waals surface area contributed by atoms with Crippen molar-refractivity contribution >= 4 is 40.0 Å². The Morgan fingerprint density at radius 1 is 0.833 bits per heavy atom. The number of thiocarbonyl (C=S) groups is 1. The molecule has 0 saturated heterocycles. The fourth-order valence-corrected chi connectivity index (χ4v) is 4.15. The van der Waals surface area contributed by atoms with E-state index in [1.54, 1.807) is 12.1 Å². The lowest BCUT2D eigenvalue weighted by Crippen LogP contribution is -2.34. The van der Waals surface area contributed by atoms with Crippen LogP contribution in [-0.2, 0) is 0 Å². The van der Waals surface area contributed by atoms with Gasteiger partial charge >= 0.3 is 0 Å². The largest absolute Gasteiger partial charge is 0.436 e. The predicted molar refractivity (Wildman–Crippen MR) is 149 cm³/mol. The minimum Gasteiger partial charge on any atom is -0.436 e. The molecule has 0 fully saturated rings. The van der Waals surface area contributed by atoms with Gasteiger partial charge < -0.3 is 9.73 Å². The molecule has 1 aromatic heterocycles. The molecule has 0 saturated carbocycles. The Labute approximate surface area is 215 Å². The summed E-state index contributed by atoms with van der Waals surface area (Å²) in [7, 11) is 0. The van der Waals surface area contributed by atoms with Crippen LogP contribution in [0.4, 0.5) is 5.69 Å². The fraction of sp³-hybridized carbons (Fsp3) is 0.100. The van der Waals surface area contributed by atoms with Crippen LogP contribution in [0.2, 0.25) is 0 Å². The maximum absolute atomic E-state index is 12.7. The average Bonchev–Trinajstić information content (AvgIpc) is 3.33. The molecule has 1 amide bonds. The number of aromatic nitrogens is 1. The van der Waals surface area contributed by atoms with E-state index in [0.717, 1.165) is 33.5 Å². The van der Waals surface area contributed by atoms with Crippen molar-refractivity contribution in [2.75, 3.05) is 5.32 Å². The van der Waals surface area contributed by atoms with Crippen LogP contribution in [0.15, 0.2) is 101 Å². The van der Waals surface area contributed by atoms with Gasteiger partial charge in [-0.1, -0.05) is 68.4 Å². The smallest absolute Gasteiger partial charge is 0.257 e. The number of nitrogens with one attached hydrogen (secondary N) is 2. The van der Waals surface area contributed by atoms with E-state index in [2.05, 4.69) is 41.6 Å². The van der Waals surface area contributed by atoms with Crippen molar-refractivity contribution in [3.8, 4) is 22.6 Å². The maximum atomic E-state index is 12.7. The Morgan fingerprint density at radius 2 is 1.56 bits per heavy atom. The Bertz CT molecular complexity index is 1540. The molecule has 1 heterocycles. The number of amides is 1. The number of oxazole rings is 1.